The third-order valence-corrected chi connectivity index (χ3v) is 14.8. The molecule has 2 aromatic rings. The lowest BCUT2D eigenvalue weighted by Gasteiger charge is -2.30. The number of nitrogens with two attached hydrogens (primary N) is 1. The first-order valence-electron chi connectivity index (χ1n) is 22.7. The molecular formula is C39H67N8O19P3S. The number of phosphoric acid groups is 3. The first-order chi connectivity index (χ1) is 32.9. The molecule has 1 aliphatic rings. The van der Waals surface area contributed by atoms with Gasteiger partial charge in [0.05, 0.1) is 24.5 Å². The number of thioether (sulfide) groups is 1. The lowest BCUT2D eigenvalue weighted by atomic mass is 9.87. The fourth-order valence-electron chi connectivity index (χ4n) is 6.93. The topological polar surface area (TPSA) is 407 Å². The molecule has 31 heteroatoms. The third-order valence-electron chi connectivity index (χ3n) is 10.8. The lowest BCUT2D eigenvalue weighted by Crippen LogP contribution is -2.46. The van der Waals surface area contributed by atoms with Gasteiger partial charge < -0.3 is 50.9 Å². The zero-order valence-electron chi connectivity index (χ0n) is 39.3. The number of hydrogen-bond acceptors (Lipinski definition) is 20. The standard InChI is InChI=1S/C39H67N8O19P3S/c1-4-5-6-7-10-13-16-27(47(53)54)17-14-11-8-9-12-15-18-30(49)70-22-21-41-29(48)19-20-42-37(52)34(51)39(2,3)24-63-69(60,61)66-68(58,59)62-23-28-33(65-67(55,56)57)32(50)38(64-28)46-26-45-31-35(40)43-25-44-36(31)46/h17,25-26,28,32-34,38,50-51H,4-16,18-24H2,1-3H3,(H,41,48)(H,42,52)(H,58,59)(H,60,61)(H2,40,43,44)(H2,55,56,57)/b27-17-. The number of nitro groups is 1. The minimum atomic E-state index is -5.59. The lowest BCUT2D eigenvalue weighted by molar-refractivity contribution is -0.428. The van der Waals surface area contributed by atoms with Gasteiger partial charge in [0.25, 0.3) is 0 Å². The monoisotopic (exact) mass is 1080 g/mol. The van der Waals surface area contributed by atoms with Crippen molar-refractivity contribution in [3.8, 4) is 0 Å². The number of aliphatic hydroxyl groups excluding tert-OH is 2. The van der Waals surface area contributed by atoms with Crippen molar-refractivity contribution in [2.24, 2.45) is 5.41 Å². The van der Waals surface area contributed by atoms with E-state index in [1.165, 1.54) is 26.7 Å². The average molecular weight is 1080 g/mol. The highest BCUT2D eigenvalue weighted by molar-refractivity contribution is 8.13. The van der Waals surface area contributed by atoms with Gasteiger partial charge in [0, 0.05) is 43.5 Å². The van der Waals surface area contributed by atoms with Crippen LogP contribution in [0.4, 0.5) is 5.82 Å². The Kier molecular flexibility index (Phi) is 25.6. The highest BCUT2D eigenvalue weighted by Crippen LogP contribution is 2.61. The second-order valence-electron chi connectivity index (χ2n) is 17.1. The van der Waals surface area contributed by atoms with Crippen LogP contribution in [-0.2, 0) is 50.7 Å². The molecule has 3 rings (SSSR count). The second-order valence-corrected chi connectivity index (χ2v) is 22.5. The maximum absolute atomic E-state index is 12.7. The van der Waals surface area contributed by atoms with Crippen molar-refractivity contribution in [1.29, 1.82) is 0 Å². The normalized spacial score (nSPS) is 19.9. The molecule has 1 fully saturated rings. The zero-order valence-corrected chi connectivity index (χ0v) is 42.8. The molecular weight excluding hydrogens is 1010 g/mol. The van der Waals surface area contributed by atoms with Gasteiger partial charge in [-0.2, -0.15) is 4.31 Å². The van der Waals surface area contributed by atoms with E-state index in [1.807, 2.05) is 0 Å². The molecule has 10 N–H and O–H groups in total. The van der Waals surface area contributed by atoms with Crippen molar-refractivity contribution in [2.45, 2.75) is 148 Å². The molecule has 2 aromatic heterocycles. The summed E-state index contributed by atoms with van der Waals surface area (Å²) in [6, 6.07) is 0. The number of amides is 2. The molecule has 27 nitrogen and oxygen atoms in total. The van der Waals surface area contributed by atoms with Gasteiger partial charge in [-0.15, -0.1) is 0 Å². The first kappa shape index (κ1) is 61.0. The fourth-order valence-corrected chi connectivity index (χ4v) is 10.5. The Labute approximate surface area is 409 Å². The summed E-state index contributed by atoms with van der Waals surface area (Å²) in [7, 11) is -16.5. The predicted octanol–water partition coefficient (Wildman–Crippen LogP) is 4.31. The Morgan fingerprint density at radius 1 is 0.943 bits per heavy atom. The molecule has 0 aromatic carbocycles. The number of carbonyl (C=O) groups is 3. The van der Waals surface area contributed by atoms with Crippen LogP contribution in [0.3, 0.4) is 0 Å². The molecule has 0 aliphatic carbocycles. The summed E-state index contributed by atoms with van der Waals surface area (Å²) >= 11 is 1.09. The molecule has 0 radical (unpaired) electrons. The van der Waals surface area contributed by atoms with E-state index in [4.69, 9.17) is 19.5 Å². The van der Waals surface area contributed by atoms with Crippen LogP contribution in [0.5, 0.6) is 0 Å². The van der Waals surface area contributed by atoms with Crippen molar-refractivity contribution in [1.82, 2.24) is 30.2 Å². The molecule has 7 unspecified atom stereocenters. The molecule has 0 bridgehead atoms. The number of phosphoric ester groups is 3. The average Bonchev–Trinajstić information content (AvgIpc) is 3.84. The van der Waals surface area contributed by atoms with Gasteiger partial charge in [0.15, 0.2) is 22.8 Å². The van der Waals surface area contributed by atoms with Gasteiger partial charge in [-0.25, -0.2) is 28.6 Å². The minimum Gasteiger partial charge on any atom is -0.386 e. The molecule has 398 valence electrons. The smallest absolute Gasteiger partial charge is 0.386 e. The summed E-state index contributed by atoms with van der Waals surface area (Å²) in [5.41, 5.74) is 4.54. The van der Waals surface area contributed by atoms with E-state index in [9.17, 15) is 68.0 Å². The maximum atomic E-state index is 12.7. The van der Waals surface area contributed by atoms with Crippen LogP contribution in [-0.4, -0.2) is 128 Å². The van der Waals surface area contributed by atoms with E-state index >= 15 is 0 Å². The van der Waals surface area contributed by atoms with Gasteiger partial charge >= 0.3 is 23.5 Å². The Balaban J connectivity index is 1.31. The largest absolute Gasteiger partial charge is 0.481 e. The Hall–Kier alpha value is -3.30. The Bertz CT molecular complexity index is 2200. The second kappa shape index (κ2) is 29.4. The van der Waals surface area contributed by atoms with Crippen molar-refractivity contribution in [3.63, 3.8) is 0 Å². The van der Waals surface area contributed by atoms with Gasteiger partial charge in [-0.05, 0) is 31.8 Å². The molecule has 0 saturated carbocycles. The van der Waals surface area contributed by atoms with Crippen LogP contribution in [0.25, 0.3) is 11.2 Å². The van der Waals surface area contributed by atoms with E-state index in [-0.39, 0.29) is 46.5 Å². The third kappa shape index (κ3) is 21.8. The van der Waals surface area contributed by atoms with Crippen molar-refractivity contribution in [3.05, 3.63) is 34.5 Å². The Morgan fingerprint density at radius 2 is 1.59 bits per heavy atom. The number of imidazole rings is 1. The number of unbranched alkanes of at least 4 members (excludes halogenated alkanes) is 10. The number of rotatable bonds is 35. The van der Waals surface area contributed by atoms with Crippen molar-refractivity contribution < 1.29 is 85.4 Å². The number of aliphatic hydroxyl groups is 2. The number of nitrogens with one attached hydrogen (secondary N) is 2. The summed E-state index contributed by atoms with van der Waals surface area (Å²) in [4.78, 5) is 99.5. The maximum Gasteiger partial charge on any atom is 0.481 e. The summed E-state index contributed by atoms with van der Waals surface area (Å²) in [6.45, 7) is 2.57. The molecule has 1 saturated heterocycles. The van der Waals surface area contributed by atoms with Gasteiger partial charge in [0.1, 0.15) is 36.3 Å². The van der Waals surface area contributed by atoms with Crippen LogP contribution >= 0.6 is 35.2 Å². The number of carbonyl (C=O) groups excluding carboxylic acids is 3. The highest BCUT2D eigenvalue weighted by Gasteiger charge is 2.50. The number of allylic oxidation sites excluding steroid dienone is 2. The SMILES string of the molecule is CCCCCCCC/C(=C/CCCCCCCC(=O)SCCNC(=O)CCNC(=O)C(O)C(C)(C)COP(=O)(O)OP(=O)(O)OCC1OC(n2cnc3c(N)ncnc32)C(O)C1OP(=O)(O)O)[N+](=O)[O-]. The van der Waals surface area contributed by atoms with Gasteiger partial charge in [0.2, 0.25) is 17.5 Å². The molecule has 7 atom stereocenters. The minimum absolute atomic E-state index is 0.0144. The first-order valence-corrected chi connectivity index (χ1v) is 28.2. The van der Waals surface area contributed by atoms with Gasteiger partial charge in [-0.3, -0.25) is 42.6 Å². The van der Waals surface area contributed by atoms with Crippen LogP contribution in [0.2, 0.25) is 0 Å². The van der Waals surface area contributed by atoms with Crippen LogP contribution in [0, 0.1) is 15.5 Å². The molecule has 70 heavy (non-hydrogen) atoms. The highest BCUT2D eigenvalue weighted by atomic mass is 32.2. The Morgan fingerprint density at radius 3 is 2.26 bits per heavy atom. The number of ether oxygens (including phenoxy) is 1. The van der Waals surface area contributed by atoms with E-state index in [0.29, 0.717) is 37.1 Å². The molecule has 3 heterocycles. The number of nitrogen functional groups attached to an aromatic ring is 1. The summed E-state index contributed by atoms with van der Waals surface area (Å²) in [5, 5.41) is 37.9. The predicted molar refractivity (Wildman–Crippen MR) is 252 cm³/mol. The van der Waals surface area contributed by atoms with Crippen molar-refractivity contribution >= 4 is 69.1 Å². The van der Waals surface area contributed by atoms with E-state index < -0.39 is 84.6 Å². The van der Waals surface area contributed by atoms with Gasteiger partial charge in [-0.1, -0.05) is 83.9 Å². The molecule has 2 amide bonds. The number of anilines is 1. The summed E-state index contributed by atoms with van der Waals surface area (Å²) < 4.78 is 62.4. The number of nitrogens with zero attached hydrogens (tertiary/aromatic N) is 5. The quantitative estimate of drug-likeness (QED) is 0.0201. The van der Waals surface area contributed by atoms with Crippen LogP contribution < -0.4 is 16.4 Å². The summed E-state index contributed by atoms with van der Waals surface area (Å²) in [6.07, 6.45) is 6.98. The van der Waals surface area contributed by atoms with Crippen LogP contribution in [0.1, 0.15) is 123 Å². The van der Waals surface area contributed by atoms with Crippen molar-refractivity contribution in [2.75, 3.05) is 37.8 Å². The van der Waals surface area contributed by atoms with Crippen LogP contribution in [0.15, 0.2) is 24.4 Å². The zero-order chi connectivity index (χ0) is 52.1. The number of aromatic nitrogens is 4. The molecule has 0 spiro atoms. The fraction of sp³-hybridized carbons (Fsp3) is 0.744. The van der Waals surface area contributed by atoms with E-state index in [2.05, 4.69) is 41.3 Å². The summed E-state index contributed by atoms with van der Waals surface area (Å²) in [5.74, 6) is -1.16. The number of hydrogen-bond donors (Lipinski definition) is 9. The van der Waals surface area contributed by atoms with E-state index in [1.54, 1.807) is 6.08 Å². The van der Waals surface area contributed by atoms with E-state index in [0.717, 1.165) is 80.4 Å². The number of fused-ring (bicyclic) bond motifs is 1. The molecule has 1 aliphatic heterocycles.